The molecule has 0 amide bonds. The molecule has 0 N–H and O–H groups in total. The van der Waals surface area contributed by atoms with Gasteiger partial charge in [-0.05, 0) is 37.4 Å². The zero-order chi connectivity index (χ0) is 14.9. The van der Waals surface area contributed by atoms with E-state index < -0.39 is 0 Å². The van der Waals surface area contributed by atoms with E-state index in [1.54, 1.807) is 0 Å². The van der Waals surface area contributed by atoms with E-state index in [-0.39, 0.29) is 0 Å². The fourth-order valence-electron chi connectivity index (χ4n) is 3.43. The molecule has 1 atom stereocenters. The van der Waals surface area contributed by atoms with E-state index in [0.29, 0.717) is 12.0 Å². The molecule has 2 heteroatoms. The van der Waals surface area contributed by atoms with Crippen LogP contribution in [0.1, 0.15) is 57.6 Å². The van der Waals surface area contributed by atoms with Crippen LogP contribution < -0.4 is 0 Å². The van der Waals surface area contributed by atoms with E-state index in [0.717, 1.165) is 26.2 Å². The van der Waals surface area contributed by atoms with Crippen LogP contribution in [0.25, 0.3) is 0 Å². The Balaban J connectivity index is 1.95. The van der Waals surface area contributed by atoms with Crippen LogP contribution in [-0.4, -0.2) is 31.1 Å². The maximum atomic E-state index is 6.36. The highest BCUT2D eigenvalue weighted by atomic mass is 16.5. The number of hydrogen-bond acceptors (Lipinski definition) is 2. The molecule has 0 heterocycles. The summed E-state index contributed by atoms with van der Waals surface area (Å²) in [5.41, 5.74) is 1.36. The van der Waals surface area contributed by atoms with E-state index in [2.05, 4.69) is 49.1 Å². The summed E-state index contributed by atoms with van der Waals surface area (Å²) in [5.74, 6) is 0.706. The van der Waals surface area contributed by atoms with Crippen molar-refractivity contribution in [2.24, 2.45) is 5.92 Å². The molecule has 1 aromatic rings. The second-order valence-corrected chi connectivity index (χ2v) is 6.13. The molecule has 0 saturated heterocycles. The number of hydrogen-bond donors (Lipinski definition) is 0. The minimum atomic E-state index is 0.294. The standard InChI is InChI=1S/C19H31NO/c1-3-20(4-2)15-16-21-19(17-11-7-5-8-12-17)18-13-9-6-10-14-18/h5,7-8,11-12,18-19H,3-4,6,9-10,13-16H2,1-2H3. The lowest BCUT2D eigenvalue weighted by Gasteiger charge is -2.31. The van der Waals surface area contributed by atoms with Crippen molar-refractivity contribution in [3.8, 4) is 0 Å². The molecule has 1 aliphatic carbocycles. The van der Waals surface area contributed by atoms with Crippen molar-refractivity contribution in [1.82, 2.24) is 4.90 Å². The Labute approximate surface area is 130 Å². The van der Waals surface area contributed by atoms with Gasteiger partial charge in [0.15, 0.2) is 0 Å². The number of benzene rings is 1. The van der Waals surface area contributed by atoms with Crippen molar-refractivity contribution in [2.75, 3.05) is 26.2 Å². The molecule has 118 valence electrons. The van der Waals surface area contributed by atoms with Gasteiger partial charge in [-0.25, -0.2) is 0 Å². The number of nitrogens with zero attached hydrogens (tertiary/aromatic N) is 1. The molecule has 21 heavy (non-hydrogen) atoms. The second kappa shape index (κ2) is 9.22. The van der Waals surface area contributed by atoms with Crippen molar-refractivity contribution in [3.63, 3.8) is 0 Å². The van der Waals surface area contributed by atoms with Gasteiger partial charge in [0.1, 0.15) is 0 Å². The zero-order valence-electron chi connectivity index (χ0n) is 13.8. The summed E-state index contributed by atoms with van der Waals surface area (Å²) in [6.07, 6.45) is 7.08. The van der Waals surface area contributed by atoms with Crippen molar-refractivity contribution in [2.45, 2.75) is 52.1 Å². The van der Waals surface area contributed by atoms with Gasteiger partial charge in [0, 0.05) is 6.54 Å². The molecule has 0 aromatic heterocycles. The predicted molar refractivity (Wildman–Crippen MR) is 89.5 cm³/mol. The van der Waals surface area contributed by atoms with Crippen LogP contribution in [0.2, 0.25) is 0 Å². The maximum Gasteiger partial charge on any atom is 0.0853 e. The van der Waals surface area contributed by atoms with Gasteiger partial charge in [0.2, 0.25) is 0 Å². The molecule has 2 rings (SSSR count). The molecular formula is C19H31NO. The summed E-state index contributed by atoms with van der Waals surface area (Å²) in [7, 11) is 0. The van der Waals surface area contributed by atoms with E-state index in [9.17, 15) is 0 Å². The van der Waals surface area contributed by atoms with Gasteiger partial charge in [-0.3, -0.25) is 0 Å². The third-order valence-electron chi connectivity index (χ3n) is 4.81. The SMILES string of the molecule is CCN(CC)CCOC(c1ccccc1)C1CCCCC1. The normalized spacial score (nSPS) is 18.0. The number of ether oxygens (including phenoxy) is 1. The Morgan fingerprint density at radius 1 is 1.05 bits per heavy atom. The van der Waals surface area contributed by atoms with E-state index in [4.69, 9.17) is 4.74 Å². The summed E-state index contributed by atoms with van der Waals surface area (Å²) in [5, 5.41) is 0. The highest BCUT2D eigenvalue weighted by Crippen LogP contribution is 2.36. The van der Waals surface area contributed by atoms with Gasteiger partial charge in [0.25, 0.3) is 0 Å². The third-order valence-corrected chi connectivity index (χ3v) is 4.81. The van der Waals surface area contributed by atoms with Crippen molar-refractivity contribution < 1.29 is 4.74 Å². The maximum absolute atomic E-state index is 6.36. The van der Waals surface area contributed by atoms with Gasteiger partial charge in [0.05, 0.1) is 12.7 Å². The third kappa shape index (κ3) is 5.12. The van der Waals surface area contributed by atoms with Crippen molar-refractivity contribution in [3.05, 3.63) is 35.9 Å². The largest absolute Gasteiger partial charge is 0.372 e. The Morgan fingerprint density at radius 2 is 1.71 bits per heavy atom. The van der Waals surface area contributed by atoms with Gasteiger partial charge in [-0.2, -0.15) is 0 Å². The van der Waals surface area contributed by atoms with Gasteiger partial charge in [-0.1, -0.05) is 63.4 Å². The number of rotatable bonds is 8. The summed E-state index contributed by atoms with van der Waals surface area (Å²) >= 11 is 0. The fourth-order valence-corrected chi connectivity index (χ4v) is 3.43. The minimum Gasteiger partial charge on any atom is -0.372 e. The summed E-state index contributed by atoms with van der Waals surface area (Å²) < 4.78 is 6.36. The number of likely N-dealkylation sites (N-methyl/N-ethyl adjacent to an activating group) is 1. The lowest BCUT2D eigenvalue weighted by Crippen LogP contribution is -2.29. The predicted octanol–water partition coefficient (Wildman–Crippen LogP) is 4.67. The molecule has 2 nitrogen and oxygen atoms in total. The van der Waals surface area contributed by atoms with Crippen LogP contribution in [-0.2, 0) is 4.74 Å². The van der Waals surface area contributed by atoms with Gasteiger partial charge >= 0.3 is 0 Å². The summed E-state index contributed by atoms with van der Waals surface area (Å²) in [6.45, 7) is 8.55. The van der Waals surface area contributed by atoms with Crippen LogP contribution in [0.5, 0.6) is 0 Å². The van der Waals surface area contributed by atoms with Crippen LogP contribution >= 0.6 is 0 Å². The first-order valence-electron chi connectivity index (χ1n) is 8.74. The van der Waals surface area contributed by atoms with Crippen LogP contribution in [0.3, 0.4) is 0 Å². The quantitative estimate of drug-likeness (QED) is 0.690. The molecule has 1 fully saturated rings. The average Bonchev–Trinajstić information content (AvgIpc) is 2.57. The molecule has 1 unspecified atom stereocenters. The Bertz CT molecular complexity index is 368. The molecule has 0 radical (unpaired) electrons. The van der Waals surface area contributed by atoms with Gasteiger partial charge in [-0.15, -0.1) is 0 Å². The van der Waals surface area contributed by atoms with Crippen molar-refractivity contribution in [1.29, 1.82) is 0 Å². The highest BCUT2D eigenvalue weighted by Gasteiger charge is 2.25. The van der Waals surface area contributed by atoms with Gasteiger partial charge < -0.3 is 9.64 Å². The smallest absolute Gasteiger partial charge is 0.0853 e. The lowest BCUT2D eigenvalue weighted by atomic mass is 9.82. The van der Waals surface area contributed by atoms with Crippen molar-refractivity contribution >= 4 is 0 Å². The topological polar surface area (TPSA) is 12.5 Å². The molecule has 0 bridgehead atoms. The molecule has 1 aliphatic rings. The first-order chi connectivity index (χ1) is 10.3. The molecule has 0 aliphatic heterocycles. The first-order valence-corrected chi connectivity index (χ1v) is 8.74. The minimum absolute atomic E-state index is 0.294. The summed E-state index contributed by atoms with van der Waals surface area (Å²) in [4.78, 5) is 2.43. The first kappa shape index (κ1) is 16.5. The van der Waals surface area contributed by atoms with E-state index in [1.165, 1.54) is 37.7 Å². The van der Waals surface area contributed by atoms with Crippen LogP contribution in [0.4, 0.5) is 0 Å². The molecule has 0 spiro atoms. The van der Waals surface area contributed by atoms with Crippen LogP contribution in [0.15, 0.2) is 30.3 Å². The fraction of sp³-hybridized carbons (Fsp3) is 0.684. The van der Waals surface area contributed by atoms with E-state index in [1.807, 2.05) is 0 Å². The second-order valence-electron chi connectivity index (χ2n) is 6.13. The molecule has 1 aromatic carbocycles. The zero-order valence-corrected chi connectivity index (χ0v) is 13.8. The Morgan fingerprint density at radius 3 is 2.33 bits per heavy atom. The molecular weight excluding hydrogens is 258 g/mol. The molecule has 1 saturated carbocycles. The Kier molecular flexibility index (Phi) is 7.25. The van der Waals surface area contributed by atoms with E-state index >= 15 is 0 Å². The summed E-state index contributed by atoms with van der Waals surface area (Å²) in [6, 6.07) is 10.8. The average molecular weight is 289 g/mol. The monoisotopic (exact) mass is 289 g/mol. The lowest BCUT2D eigenvalue weighted by molar-refractivity contribution is -0.00996. The van der Waals surface area contributed by atoms with Crippen LogP contribution in [0, 0.1) is 5.92 Å². The highest BCUT2D eigenvalue weighted by molar-refractivity contribution is 5.18. The Hall–Kier alpha value is -0.860.